The van der Waals surface area contributed by atoms with Crippen molar-refractivity contribution in [2.75, 3.05) is 13.2 Å². The van der Waals surface area contributed by atoms with Gasteiger partial charge < -0.3 is 15.0 Å². The van der Waals surface area contributed by atoms with Crippen molar-refractivity contribution >= 4 is 17.3 Å². The summed E-state index contributed by atoms with van der Waals surface area (Å²) in [6, 6.07) is 9.59. The molecule has 1 aromatic carbocycles. The number of nitrogens with one attached hydrogen (secondary N) is 1. The van der Waals surface area contributed by atoms with E-state index in [1.54, 1.807) is 0 Å². The van der Waals surface area contributed by atoms with E-state index in [0.717, 1.165) is 31.2 Å². The third-order valence-electron chi connectivity index (χ3n) is 6.36. The second-order valence-electron chi connectivity index (χ2n) is 9.95. The van der Waals surface area contributed by atoms with Gasteiger partial charge in [0.25, 0.3) is 0 Å². The lowest BCUT2D eigenvalue weighted by molar-refractivity contribution is 0.0895. The maximum atomic E-state index is 5.93. The standard InChI is InChI=1S/C25H40N2OS/c1-25(2,3)21-15-13-20(14-16-21)18-27(19-23-12-9-17-28-23)24(29)26-22-10-7-5-4-6-8-11-22/h13-16,22-23H,4-12,17-19H2,1-3H3,(H,26,29). The SMILES string of the molecule is CC(C)(C)c1ccc(CN(CC2CCCO2)C(=S)NC2CCCCCCC2)cc1. The van der Waals surface area contributed by atoms with Gasteiger partial charge >= 0.3 is 0 Å². The molecular formula is C25H40N2OS. The Hall–Kier alpha value is -1.13. The molecule has 0 radical (unpaired) electrons. The lowest BCUT2D eigenvalue weighted by Gasteiger charge is -2.32. The van der Waals surface area contributed by atoms with Crippen LogP contribution in [0.15, 0.2) is 24.3 Å². The molecule has 1 aromatic rings. The molecule has 1 N–H and O–H groups in total. The number of hydrogen-bond donors (Lipinski definition) is 1. The first-order valence-electron chi connectivity index (χ1n) is 11.7. The molecule has 1 atom stereocenters. The largest absolute Gasteiger partial charge is 0.376 e. The predicted octanol–water partition coefficient (Wildman–Crippen LogP) is 5.95. The van der Waals surface area contributed by atoms with Crippen molar-refractivity contribution in [2.45, 2.75) is 103 Å². The zero-order chi connectivity index (χ0) is 20.7. The second-order valence-corrected chi connectivity index (χ2v) is 10.3. The molecule has 162 valence electrons. The van der Waals surface area contributed by atoms with Gasteiger partial charge in [-0.1, -0.05) is 77.1 Å². The van der Waals surface area contributed by atoms with E-state index in [9.17, 15) is 0 Å². The fourth-order valence-electron chi connectivity index (χ4n) is 4.45. The van der Waals surface area contributed by atoms with Crippen LogP contribution in [0.3, 0.4) is 0 Å². The van der Waals surface area contributed by atoms with Gasteiger partial charge in [-0.25, -0.2) is 0 Å². The summed E-state index contributed by atoms with van der Waals surface area (Å²) in [6.07, 6.45) is 11.9. The van der Waals surface area contributed by atoms with E-state index in [4.69, 9.17) is 17.0 Å². The minimum absolute atomic E-state index is 0.185. The van der Waals surface area contributed by atoms with Crippen molar-refractivity contribution in [1.82, 2.24) is 10.2 Å². The van der Waals surface area contributed by atoms with Gasteiger partial charge in [0.05, 0.1) is 6.10 Å². The van der Waals surface area contributed by atoms with Crippen molar-refractivity contribution in [2.24, 2.45) is 0 Å². The first kappa shape index (κ1) is 22.6. The number of rotatable bonds is 5. The Labute approximate surface area is 183 Å². The van der Waals surface area contributed by atoms with Gasteiger partial charge in [0.1, 0.15) is 0 Å². The van der Waals surface area contributed by atoms with Crippen molar-refractivity contribution in [3.05, 3.63) is 35.4 Å². The van der Waals surface area contributed by atoms with Crippen LogP contribution in [0.2, 0.25) is 0 Å². The summed E-state index contributed by atoms with van der Waals surface area (Å²) in [5.41, 5.74) is 2.88. The van der Waals surface area contributed by atoms with Gasteiger partial charge in [0, 0.05) is 25.7 Å². The summed E-state index contributed by atoms with van der Waals surface area (Å²) in [5.74, 6) is 0. The molecule has 0 amide bonds. The number of nitrogens with zero attached hydrogens (tertiary/aromatic N) is 1. The number of hydrogen-bond acceptors (Lipinski definition) is 2. The zero-order valence-corrected chi connectivity index (χ0v) is 19.5. The maximum Gasteiger partial charge on any atom is 0.169 e. The summed E-state index contributed by atoms with van der Waals surface area (Å²) < 4.78 is 5.93. The molecule has 2 aliphatic rings. The Morgan fingerprint density at radius 3 is 2.24 bits per heavy atom. The number of thiocarbonyl (C=S) groups is 1. The van der Waals surface area contributed by atoms with Gasteiger partial charge in [-0.05, 0) is 54.4 Å². The quantitative estimate of drug-likeness (QED) is 0.599. The highest BCUT2D eigenvalue weighted by Gasteiger charge is 2.23. The Morgan fingerprint density at radius 2 is 1.66 bits per heavy atom. The average Bonchev–Trinajstić information content (AvgIpc) is 3.16. The van der Waals surface area contributed by atoms with E-state index < -0.39 is 0 Å². The van der Waals surface area contributed by atoms with Crippen LogP contribution in [-0.2, 0) is 16.7 Å². The minimum atomic E-state index is 0.185. The molecule has 0 aromatic heterocycles. The highest BCUT2D eigenvalue weighted by molar-refractivity contribution is 7.80. The predicted molar refractivity (Wildman–Crippen MR) is 126 cm³/mol. The van der Waals surface area contributed by atoms with E-state index in [2.05, 4.69) is 55.3 Å². The number of benzene rings is 1. The van der Waals surface area contributed by atoms with Crippen LogP contribution in [0.25, 0.3) is 0 Å². The van der Waals surface area contributed by atoms with Crippen molar-refractivity contribution < 1.29 is 4.74 Å². The fraction of sp³-hybridized carbons (Fsp3) is 0.720. The topological polar surface area (TPSA) is 24.5 Å². The summed E-state index contributed by atoms with van der Waals surface area (Å²) in [5, 5.41) is 4.63. The van der Waals surface area contributed by atoms with Crippen LogP contribution >= 0.6 is 12.2 Å². The molecule has 1 aliphatic heterocycles. The lowest BCUT2D eigenvalue weighted by atomic mass is 9.87. The molecule has 3 nitrogen and oxygen atoms in total. The van der Waals surface area contributed by atoms with Crippen molar-refractivity contribution in [1.29, 1.82) is 0 Å². The average molecular weight is 417 g/mol. The van der Waals surface area contributed by atoms with E-state index in [1.165, 1.54) is 62.5 Å². The third-order valence-corrected chi connectivity index (χ3v) is 6.74. The lowest BCUT2D eigenvalue weighted by Crippen LogP contribution is -2.47. The van der Waals surface area contributed by atoms with Gasteiger partial charge in [0.2, 0.25) is 0 Å². The molecule has 0 spiro atoms. The monoisotopic (exact) mass is 416 g/mol. The van der Waals surface area contributed by atoms with Gasteiger partial charge in [-0.2, -0.15) is 0 Å². The van der Waals surface area contributed by atoms with Crippen LogP contribution in [0, 0.1) is 0 Å². The molecule has 1 unspecified atom stereocenters. The molecule has 1 aliphatic carbocycles. The molecule has 29 heavy (non-hydrogen) atoms. The maximum absolute atomic E-state index is 5.93. The Morgan fingerprint density at radius 1 is 1.00 bits per heavy atom. The van der Waals surface area contributed by atoms with Crippen LogP contribution in [-0.4, -0.2) is 35.3 Å². The fourth-order valence-corrected chi connectivity index (χ4v) is 4.76. The van der Waals surface area contributed by atoms with Crippen LogP contribution < -0.4 is 5.32 Å². The molecule has 2 fully saturated rings. The molecule has 3 rings (SSSR count). The third kappa shape index (κ3) is 7.25. The van der Waals surface area contributed by atoms with Crippen LogP contribution in [0.4, 0.5) is 0 Å². The zero-order valence-electron chi connectivity index (χ0n) is 18.7. The minimum Gasteiger partial charge on any atom is -0.376 e. The van der Waals surface area contributed by atoms with Gasteiger partial charge in [-0.3, -0.25) is 0 Å². The Kier molecular flexibility index (Phi) is 8.37. The smallest absolute Gasteiger partial charge is 0.169 e. The summed E-state index contributed by atoms with van der Waals surface area (Å²) in [6.45, 7) is 9.42. The van der Waals surface area contributed by atoms with E-state index in [-0.39, 0.29) is 5.41 Å². The summed E-state index contributed by atoms with van der Waals surface area (Å²) in [7, 11) is 0. The molecule has 0 bridgehead atoms. The van der Waals surface area contributed by atoms with E-state index >= 15 is 0 Å². The van der Waals surface area contributed by atoms with Crippen molar-refractivity contribution in [3.8, 4) is 0 Å². The molecule has 1 saturated carbocycles. The first-order chi connectivity index (χ1) is 13.9. The first-order valence-corrected chi connectivity index (χ1v) is 12.1. The molecule has 1 heterocycles. The van der Waals surface area contributed by atoms with Crippen LogP contribution in [0.1, 0.15) is 89.7 Å². The molecule has 4 heteroatoms. The highest BCUT2D eigenvalue weighted by atomic mass is 32.1. The normalized spacial score (nSPS) is 21.4. The second kappa shape index (κ2) is 10.8. The van der Waals surface area contributed by atoms with Crippen molar-refractivity contribution in [3.63, 3.8) is 0 Å². The Balaban J connectivity index is 1.65. The summed E-state index contributed by atoms with van der Waals surface area (Å²) in [4.78, 5) is 2.34. The van der Waals surface area contributed by atoms with Gasteiger partial charge in [-0.15, -0.1) is 0 Å². The van der Waals surface area contributed by atoms with E-state index in [1.807, 2.05) is 0 Å². The molecular weight excluding hydrogens is 376 g/mol. The summed E-state index contributed by atoms with van der Waals surface area (Å²) >= 11 is 5.91. The Bertz CT molecular complexity index is 623. The van der Waals surface area contributed by atoms with E-state index in [0.29, 0.717) is 12.1 Å². The van der Waals surface area contributed by atoms with Gasteiger partial charge in [0.15, 0.2) is 5.11 Å². The van der Waals surface area contributed by atoms with Crippen LogP contribution in [0.5, 0.6) is 0 Å². The molecule has 1 saturated heterocycles. The highest BCUT2D eigenvalue weighted by Crippen LogP contribution is 2.23. The number of ether oxygens (including phenoxy) is 1.